The SMILES string of the molecule is Cc1cccc2c1N(C(=O)OC(C)(C)C)CCN2c1cc2cnc(Nc3cccc(O)c3)nc2n(CCCCO)c1=O. The molecule has 1 aliphatic rings. The molecule has 0 atom stereocenters. The van der Waals surface area contributed by atoms with E-state index in [1.807, 2.05) is 50.8 Å². The number of nitrogens with zero attached hydrogens (tertiary/aromatic N) is 5. The maximum atomic E-state index is 14.1. The molecule has 0 saturated heterocycles. The van der Waals surface area contributed by atoms with Gasteiger partial charge in [0.2, 0.25) is 5.95 Å². The molecule has 0 fully saturated rings. The lowest BCUT2D eigenvalue weighted by molar-refractivity contribution is 0.0580. The highest BCUT2D eigenvalue weighted by Crippen LogP contribution is 2.40. The molecule has 0 unspecified atom stereocenters. The molecule has 1 amide bonds. The number of phenolic OH excluding ortho intramolecular Hbond substituents is 1. The van der Waals surface area contributed by atoms with E-state index in [4.69, 9.17) is 4.74 Å². The van der Waals surface area contributed by atoms with Gasteiger partial charge in [-0.25, -0.2) is 9.78 Å². The topological polar surface area (TPSA) is 133 Å². The van der Waals surface area contributed by atoms with Crippen molar-refractivity contribution in [2.45, 2.75) is 52.7 Å². The molecule has 0 radical (unpaired) electrons. The number of carbonyl (C=O) groups is 1. The molecule has 2 aromatic heterocycles. The molecule has 0 aliphatic carbocycles. The number of phenols is 1. The van der Waals surface area contributed by atoms with Crippen LogP contribution in [0, 0.1) is 6.92 Å². The van der Waals surface area contributed by atoms with E-state index in [-0.39, 0.29) is 23.9 Å². The first kappa shape index (κ1) is 28.9. The molecule has 220 valence electrons. The molecule has 1 aliphatic heterocycles. The number of carbonyl (C=O) groups excluding carboxylic acids is 1. The number of aromatic nitrogens is 3. The fourth-order valence-corrected chi connectivity index (χ4v) is 5.09. The number of ether oxygens (including phenoxy) is 1. The number of aryl methyl sites for hydroxylation is 2. The number of aliphatic hydroxyl groups excluding tert-OH is 1. The van der Waals surface area contributed by atoms with E-state index in [2.05, 4.69) is 15.3 Å². The van der Waals surface area contributed by atoms with Crippen LogP contribution in [0.1, 0.15) is 39.2 Å². The molecular formula is C31H36N6O5. The Kier molecular flexibility index (Phi) is 8.04. The summed E-state index contributed by atoms with van der Waals surface area (Å²) in [6.45, 7) is 8.52. The second-order valence-electron chi connectivity index (χ2n) is 11.3. The van der Waals surface area contributed by atoms with E-state index in [9.17, 15) is 19.8 Å². The third-order valence-electron chi connectivity index (χ3n) is 6.93. The maximum absolute atomic E-state index is 14.1. The number of unbranched alkanes of at least 4 members (excludes halogenated alkanes) is 1. The van der Waals surface area contributed by atoms with Gasteiger partial charge >= 0.3 is 6.09 Å². The molecule has 0 saturated carbocycles. The molecule has 3 heterocycles. The van der Waals surface area contributed by atoms with E-state index >= 15 is 0 Å². The summed E-state index contributed by atoms with van der Waals surface area (Å²) in [5.41, 5.74) is 2.94. The van der Waals surface area contributed by atoms with Gasteiger partial charge in [0.25, 0.3) is 5.56 Å². The Morgan fingerprint density at radius 2 is 1.86 bits per heavy atom. The number of para-hydroxylation sites is 1. The molecule has 42 heavy (non-hydrogen) atoms. The lowest BCUT2D eigenvalue weighted by Crippen LogP contribution is -2.46. The van der Waals surface area contributed by atoms with Gasteiger partial charge in [0.05, 0.1) is 11.4 Å². The van der Waals surface area contributed by atoms with Gasteiger partial charge in [-0.05, 0) is 70.4 Å². The summed E-state index contributed by atoms with van der Waals surface area (Å²) in [6, 6.07) is 14.1. The Balaban J connectivity index is 1.59. The van der Waals surface area contributed by atoms with Crippen molar-refractivity contribution >= 4 is 45.8 Å². The van der Waals surface area contributed by atoms with Crippen LogP contribution in [0.4, 0.5) is 33.5 Å². The molecule has 3 N–H and O–H groups in total. The van der Waals surface area contributed by atoms with Crippen molar-refractivity contribution < 1.29 is 19.7 Å². The van der Waals surface area contributed by atoms with Crippen LogP contribution in [0.3, 0.4) is 0 Å². The van der Waals surface area contributed by atoms with Crippen LogP contribution in [0.5, 0.6) is 5.75 Å². The zero-order valence-corrected chi connectivity index (χ0v) is 24.3. The van der Waals surface area contributed by atoms with Crippen LogP contribution in [-0.2, 0) is 11.3 Å². The van der Waals surface area contributed by atoms with Crippen molar-refractivity contribution in [1.29, 1.82) is 0 Å². The molecular weight excluding hydrogens is 536 g/mol. The molecule has 11 nitrogen and oxygen atoms in total. The number of rotatable bonds is 7. The van der Waals surface area contributed by atoms with Crippen molar-refractivity contribution in [2.24, 2.45) is 0 Å². The van der Waals surface area contributed by atoms with Gasteiger partial charge < -0.3 is 25.2 Å². The first-order chi connectivity index (χ1) is 20.1. The average molecular weight is 573 g/mol. The Labute approximate surface area is 244 Å². The third kappa shape index (κ3) is 6.01. The summed E-state index contributed by atoms with van der Waals surface area (Å²) in [5, 5.41) is 23.0. The highest BCUT2D eigenvalue weighted by Gasteiger charge is 2.33. The lowest BCUT2D eigenvalue weighted by Gasteiger charge is -2.39. The maximum Gasteiger partial charge on any atom is 0.414 e. The minimum Gasteiger partial charge on any atom is -0.508 e. The van der Waals surface area contributed by atoms with E-state index in [1.54, 1.807) is 46.0 Å². The number of pyridine rings is 1. The third-order valence-corrected chi connectivity index (χ3v) is 6.93. The number of hydrogen-bond acceptors (Lipinski definition) is 9. The molecule has 0 bridgehead atoms. The van der Waals surface area contributed by atoms with Gasteiger partial charge in [0.15, 0.2) is 0 Å². The van der Waals surface area contributed by atoms with Crippen LogP contribution < -0.4 is 20.7 Å². The predicted octanol–water partition coefficient (Wildman–Crippen LogP) is 5.21. The van der Waals surface area contributed by atoms with Crippen molar-refractivity contribution in [1.82, 2.24) is 14.5 Å². The largest absolute Gasteiger partial charge is 0.508 e. The lowest BCUT2D eigenvalue weighted by atomic mass is 10.1. The van der Waals surface area contributed by atoms with Gasteiger partial charge in [-0.15, -0.1) is 0 Å². The number of benzene rings is 2. The first-order valence-corrected chi connectivity index (χ1v) is 14.0. The van der Waals surface area contributed by atoms with Gasteiger partial charge in [-0.3, -0.25) is 14.3 Å². The van der Waals surface area contributed by atoms with Crippen LogP contribution in [0.2, 0.25) is 0 Å². The van der Waals surface area contributed by atoms with Crippen molar-refractivity contribution in [3.05, 3.63) is 70.6 Å². The van der Waals surface area contributed by atoms with Crippen molar-refractivity contribution in [3.8, 4) is 5.75 Å². The minimum atomic E-state index is -0.647. The predicted molar refractivity (Wildman–Crippen MR) is 163 cm³/mol. The highest BCUT2D eigenvalue weighted by atomic mass is 16.6. The van der Waals surface area contributed by atoms with Crippen LogP contribution in [0.15, 0.2) is 59.5 Å². The summed E-state index contributed by atoms with van der Waals surface area (Å²) in [4.78, 5) is 40.0. The van der Waals surface area contributed by atoms with Crippen molar-refractivity contribution in [3.63, 3.8) is 0 Å². The molecule has 2 aromatic carbocycles. The van der Waals surface area contributed by atoms with Crippen LogP contribution in [-0.4, -0.2) is 56.1 Å². The number of fused-ring (bicyclic) bond motifs is 2. The fourth-order valence-electron chi connectivity index (χ4n) is 5.09. The Hall–Kier alpha value is -4.64. The number of aliphatic hydroxyl groups is 1. The van der Waals surface area contributed by atoms with Gasteiger partial charge in [0, 0.05) is 49.6 Å². The van der Waals surface area contributed by atoms with E-state index < -0.39 is 11.7 Å². The van der Waals surface area contributed by atoms with Crippen molar-refractivity contribution in [2.75, 3.05) is 34.8 Å². The van der Waals surface area contributed by atoms with E-state index in [0.717, 1.165) is 11.3 Å². The highest BCUT2D eigenvalue weighted by molar-refractivity contribution is 5.97. The second kappa shape index (κ2) is 11.7. The van der Waals surface area contributed by atoms with Gasteiger partial charge in [-0.2, -0.15) is 4.98 Å². The zero-order valence-electron chi connectivity index (χ0n) is 24.3. The molecule has 5 rings (SSSR count). The Morgan fingerprint density at radius 3 is 2.60 bits per heavy atom. The quantitative estimate of drug-likeness (QED) is 0.255. The first-order valence-electron chi connectivity index (χ1n) is 14.0. The average Bonchev–Trinajstić information content (AvgIpc) is 2.93. The van der Waals surface area contributed by atoms with Crippen LogP contribution >= 0.6 is 0 Å². The van der Waals surface area contributed by atoms with E-state index in [1.165, 1.54) is 0 Å². The van der Waals surface area contributed by atoms with Gasteiger partial charge in [-0.1, -0.05) is 18.2 Å². The number of amides is 1. The number of aromatic hydroxyl groups is 1. The zero-order chi connectivity index (χ0) is 30.0. The minimum absolute atomic E-state index is 0.0188. The summed E-state index contributed by atoms with van der Waals surface area (Å²) in [6.07, 6.45) is 2.34. The molecule has 11 heteroatoms. The van der Waals surface area contributed by atoms with Crippen LogP contribution in [0.25, 0.3) is 11.0 Å². The summed E-state index contributed by atoms with van der Waals surface area (Å²) < 4.78 is 7.31. The summed E-state index contributed by atoms with van der Waals surface area (Å²) in [5.74, 6) is 0.386. The van der Waals surface area contributed by atoms with E-state index in [0.29, 0.717) is 60.6 Å². The summed E-state index contributed by atoms with van der Waals surface area (Å²) in [7, 11) is 0. The van der Waals surface area contributed by atoms with Gasteiger partial charge in [0.1, 0.15) is 22.7 Å². The number of anilines is 5. The Bertz CT molecular complexity index is 1680. The smallest absolute Gasteiger partial charge is 0.414 e. The monoisotopic (exact) mass is 572 g/mol. The number of hydrogen-bond donors (Lipinski definition) is 3. The summed E-state index contributed by atoms with van der Waals surface area (Å²) >= 11 is 0. The Morgan fingerprint density at radius 1 is 1.07 bits per heavy atom. The molecule has 0 spiro atoms. The fraction of sp³-hybridized carbons (Fsp3) is 0.355. The molecule has 4 aromatic rings. The normalized spacial score (nSPS) is 13.3. The standard InChI is InChI=1S/C31H36N6O5/c1-20-9-7-12-24-26(20)36(30(41)42-31(2,3)4)15-14-35(24)25-17-21-19-32-29(33-22-10-8-11-23(39)18-22)34-27(21)37(28(25)40)13-5-6-16-38/h7-12,17-19,38-39H,5-6,13-16H2,1-4H3,(H,32,33,34). The second-order valence-corrected chi connectivity index (χ2v) is 11.3. The number of nitrogens with one attached hydrogen (secondary N) is 1.